The van der Waals surface area contributed by atoms with Crippen molar-refractivity contribution in [1.82, 2.24) is 0 Å². The summed E-state index contributed by atoms with van der Waals surface area (Å²) in [7, 11) is -2.42. The second kappa shape index (κ2) is 235. The maximum atomic E-state index is 8.64. The summed E-state index contributed by atoms with van der Waals surface area (Å²) in [5, 5.41) is 22.8. The fourth-order valence-electron chi connectivity index (χ4n) is 0. The molecule has 0 heterocycles. The van der Waals surface area contributed by atoms with Gasteiger partial charge in [-0.15, -0.1) is 0 Å². The topological polar surface area (TPSA) is 409 Å². The van der Waals surface area contributed by atoms with Crippen LogP contribution in [0.3, 0.4) is 0 Å². The van der Waals surface area contributed by atoms with Crippen LogP contribution >= 0.6 is 0 Å². The summed E-state index contributed by atoms with van der Waals surface area (Å²) in [6.07, 6.45) is 0. The molecule has 0 rings (SSSR count). The van der Waals surface area contributed by atoms with Gasteiger partial charge in [-0.1, -0.05) is 0 Å². The van der Waals surface area contributed by atoms with E-state index in [2.05, 4.69) is 0 Å². The molecule has 0 saturated heterocycles. The summed E-state index contributed by atoms with van der Waals surface area (Å²) in [4.78, 5) is 0. The van der Waals surface area contributed by atoms with E-state index in [1.807, 2.05) is 0 Å². The maximum absolute atomic E-state index is 8.64. The molecular formula is H23BNa2O14. The van der Waals surface area contributed by atoms with Crippen LogP contribution in [0.2, 0.25) is 0 Å². The summed E-state index contributed by atoms with van der Waals surface area (Å²) < 4.78 is 0. The molecule has 0 fully saturated rings. The Kier molecular flexibility index (Phi) is 3860. The van der Waals surface area contributed by atoms with Gasteiger partial charge in [0.2, 0.25) is 0 Å². The summed E-state index contributed by atoms with van der Waals surface area (Å²) in [6.45, 7) is 0. The molecule has 17 heavy (non-hydrogen) atoms. The van der Waals surface area contributed by atoms with Gasteiger partial charge in [0, 0.05) is 0 Å². The van der Waals surface area contributed by atoms with Crippen molar-refractivity contribution in [3.8, 4) is 0 Å². The molecule has 0 aromatic carbocycles. The minimum Gasteiger partial charge on any atom is -0.870 e. The summed E-state index contributed by atoms with van der Waals surface area (Å²) in [6, 6.07) is 0. The van der Waals surface area contributed by atoms with Gasteiger partial charge in [-0.25, -0.2) is 0 Å². The van der Waals surface area contributed by atoms with Crippen LogP contribution in [0, 0.1) is 0 Å². The molecule has 14 nitrogen and oxygen atoms in total. The monoisotopic (exact) mass is 304 g/mol. The fourth-order valence-corrected chi connectivity index (χ4v) is 0. The second-order valence-corrected chi connectivity index (χ2v) is 0.326. The van der Waals surface area contributed by atoms with E-state index in [0.29, 0.717) is 0 Å². The third-order valence-electron chi connectivity index (χ3n) is 0. The molecule has 0 bridgehead atoms. The van der Waals surface area contributed by atoms with Crippen LogP contribution in [0.1, 0.15) is 0 Å². The fraction of sp³-hybridized carbons (Fsp3) is 0. The molecule has 0 atom stereocenters. The Morgan fingerprint density at radius 2 is 0.529 bits per heavy atom. The smallest absolute Gasteiger partial charge is 0.870 e. The van der Waals surface area contributed by atoms with Crippen LogP contribution in [0.25, 0.3) is 0 Å². The predicted molar refractivity (Wildman–Crippen MR) is 48.3 cm³/mol. The molecule has 0 aliphatic heterocycles. The minimum atomic E-state index is -2.42. The van der Waals surface area contributed by atoms with Gasteiger partial charge in [-0.2, -0.15) is 0 Å². The van der Waals surface area contributed by atoms with Crippen molar-refractivity contribution < 1.29 is 134 Å². The zero-order valence-corrected chi connectivity index (χ0v) is 13.3. The number of hydrogen-bond donors (Lipinski definition) is 2. The van der Waals surface area contributed by atoms with Gasteiger partial charge in [0.05, 0.1) is 0 Å². The molecule has 0 aromatic rings. The summed E-state index contributed by atoms with van der Waals surface area (Å²) >= 11 is 0. The van der Waals surface area contributed by atoms with E-state index in [0.717, 1.165) is 0 Å². The van der Waals surface area contributed by atoms with Crippen molar-refractivity contribution in [1.29, 1.82) is 0 Å². The van der Waals surface area contributed by atoms with Crippen molar-refractivity contribution in [3.63, 3.8) is 0 Å². The quantitative estimate of drug-likeness (QED) is 0.411. The van der Waals surface area contributed by atoms with Gasteiger partial charge in [0.15, 0.2) is 0 Å². The van der Waals surface area contributed by atoms with Gasteiger partial charge < -0.3 is 75.3 Å². The first-order valence-electron chi connectivity index (χ1n) is 0.752. The van der Waals surface area contributed by atoms with E-state index >= 15 is 0 Å². The average molecular weight is 304 g/mol. The molecule has 0 saturated carbocycles. The van der Waals surface area contributed by atoms with Crippen molar-refractivity contribution in [2.45, 2.75) is 0 Å². The Bertz CT molecular complexity index is 18.9. The summed E-state index contributed by atoms with van der Waals surface area (Å²) in [5.74, 6) is 0. The first kappa shape index (κ1) is 279. The first-order valence-corrected chi connectivity index (χ1v) is 0.752. The third-order valence-corrected chi connectivity index (χ3v) is 0. The van der Waals surface area contributed by atoms with Gasteiger partial charge in [0.1, 0.15) is 0 Å². The molecule has 0 amide bonds. The zero-order valence-electron chi connectivity index (χ0n) is 9.33. The summed E-state index contributed by atoms with van der Waals surface area (Å²) in [5.41, 5.74) is 0. The van der Waals surface area contributed by atoms with Gasteiger partial charge in [-0.3, -0.25) is 0 Å². The van der Waals surface area contributed by atoms with Crippen molar-refractivity contribution in [2.75, 3.05) is 0 Å². The molecule has 0 unspecified atom stereocenters. The Labute approximate surface area is 141 Å². The van der Waals surface area contributed by atoms with Crippen LogP contribution in [-0.2, 0) is 0 Å². The normalized spacial score (nSPS) is 1.59. The number of rotatable bonds is 0. The van der Waals surface area contributed by atoms with E-state index in [1.54, 1.807) is 0 Å². The van der Waals surface area contributed by atoms with Crippen LogP contribution in [0.5, 0.6) is 0 Å². The van der Waals surface area contributed by atoms with Crippen molar-refractivity contribution >= 4 is 7.32 Å². The van der Waals surface area contributed by atoms with Crippen molar-refractivity contribution in [3.05, 3.63) is 0 Å². The van der Waals surface area contributed by atoms with E-state index < -0.39 is 7.32 Å². The Morgan fingerprint density at radius 3 is 0.529 bits per heavy atom. The molecular weight excluding hydrogens is 281 g/mol. The van der Waals surface area contributed by atoms with Crippen LogP contribution in [0.4, 0.5) is 0 Å². The molecule has 0 spiro atoms. The van der Waals surface area contributed by atoms with Gasteiger partial charge in [-0.05, 0) is 0 Å². The van der Waals surface area contributed by atoms with E-state index in [1.165, 1.54) is 0 Å². The number of hydrogen-bond acceptors (Lipinski definition) is 4. The largest absolute Gasteiger partial charge is 1.00 e. The van der Waals surface area contributed by atoms with Crippen LogP contribution < -0.4 is 64.1 Å². The predicted octanol–water partition coefficient (Wildman–Crippen LogP) is -17.1. The SMILES string of the molecule is O.O.O.O.O.O.O.O.O.O.[Na+].[Na+].[O-]B(O)O.[OH-]. The minimum absolute atomic E-state index is 0. The molecule has 0 aromatic heterocycles. The molecule has 17 heteroatoms. The van der Waals surface area contributed by atoms with Gasteiger partial charge in [0.25, 0.3) is 0 Å². The zero-order chi connectivity index (χ0) is 3.58. The van der Waals surface area contributed by atoms with Crippen LogP contribution in [-0.4, -0.2) is 77.6 Å². The molecule has 112 valence electrons. The molecule has 23 N–H and O–H groups in total. The Balaban J connectivity index is -0.000000000577. The molecule has 0 aliphatic rings. The Hall–Kier alpha value is 1.50. The second-order valence-electron chi connectivity index (χ2n) is 0.326. The van der Waals surface area contributed by atoms with Crippen molar-refractivity contribution in [2.24, 2.45) is 0 Å². The standard InChI is InChI=1S/BH2O3.2Na.11H2O/c2-1(3)4;;;;;;;;;;;;;/h2-3H;;;11*1H2/q-1;2*+1;;;;;;;;;;;/p-1. The Morgan fingerprint density at radius 1 is 0.529 bits per heavy atom. The maximum Gasteiger partial charge on any atom is 1.00 e. The first-order chi connectivity index (χ1) is 1.73. The molecule has 0 aliphatic carbocycles. The average Bonchev–Trinajstić information content (AvgIpc) is 0.811. The molecule has 0 radical (unpaired) electrons. The van der Waals surface area contributed by atoms with E-state index in [9.17, 15) is 0 Å². The third kappa shape index (κ3) is 1860. The van der Waals surface area contributed by atoms with Crippen LogP contribution in [0.15, 0.2) is 0 Å². The van der Waals surface area contributed by atoms with Gasteiger partial charge >= 0.3 is 66.4 Å². The van der Waals surface area contributed by atoms with E-state index in [-0.39, 0.29) is 119 Å². The van der Waals surface area contributed by atoms with E-state index in [4.69, 9.17) is 15.1 Å².